The molecular weight excluding hydrogens is 310 g/mol. The van der Waals surface area contributed by atoms with Gasteiger partial charge in [0.2, 0.25) is 0 Å². The molecule has 0 spiro atoms. The van der Waals surface area contributed by atoms with E-state index in [0.29, 0.717) is 23.8 Å². The van der Waals surface area contributed by atoms with Crippen molar-refractivity contribution in [2.24, 2.45) is 0 Å². The molecule has 0 saturated carbocycles. The molecule has 2 aromatic carbocycles. The van der Waals surface area contributed by atoms with Crippen LogP contribution in [0.5, 0.6) is 11.5 Å². The van der Waals surface area contributed by atoms with Crippen molar-refractivity contribution in [2.45, 2.75) is 6.92 Å². The molecule has 0 atom stereocenters. The number of amides is 1. The van der Waals surface area contributed by atoms with Gasteiger partial charge in [0.15, 0.2) is 18.1 Å². The zero-order valence-corrected chi connectivity index (χ0v) is 13.6. The molecule has 2 rings (SSSR count). The number of anilines is 1. The maximum atomic E-state index is 12.1. The summed E-state index contributed by atoms with van der Waals surface area (Å²) in [6.45, 7) is 1.90. The van der Waals surface area contributed by atoms with Crippen LogP contribution in [-0.4, -0.2) is 32.2 Å². The van der Waals surface area contributed by atoms with Gasteiger partial charge < -0.3 is 19.5 Å². The van der Waals surface area contributed by atoms with Crippen molar-refractivity contribution < 1.29 is 23.8 Å². The molecule has 0 heterocycles. The Morgan fingerprint density at radius 1 is 1.04 bits per heavy atom. The van der Waals surface area contributed by atoms with Crippen molar-refractivity contribution in [2.75, 3.05) is 25.6 Å². The largest absolute Gasteiger partial charge is 0.493 e. The fourth-order valence-corrected chi connectivity index (χ4v) is 2.00. The van der Waals surface area contributed by atoms with Gasteiger partial charge in [-0.15, -0.1) is 0 Å². The highest BCUT2D eigenvalue weighted by Crippen LogP contribution is 2.28. The van der Waals surface area contributed by atoms with Crippen molar-refractivity contribution in [1.82, 2.24) is 0 Å². The average Bonchev–Trinajstić information content (AvgIpc) is 2.61. The van der Waals surface area contributed by atoms with Gasteiger partial charge in [-0.3, -0.25) is 4.79 Å². The summed E-state index contributed by atoms with van der Waals surface area (Å²) in [7, 11) is 1.52. The lowest BCUT2D eigenvalue weighted by atomic mass is 10.2. The van der Waals surface area contributed by atoms with Crippen LogP contribution in [0.1, 0.15) is 17.3 Å². The van der Waals surface area contributed by atoms with Gasteiger partial charge in [-0.25, -0.2) is 4.79 Å². The molecule has 0 aliphatic carbocycles. The van der Waals surface area contributed by atoms with Crippen LogP contribution in [0.3, 0.4) is 0 Å². The van der Waals surface area contributed by atoms with Gasteiger partial charge in [-0.2, -0.15) is 0 Å². The van der Waals surface area contributed by atoms with E-state index in [1.54, 1.807) is 36.4 Å². The van der Waals surface area contributed by atoms with Gasteiger partial charge in [0, 0.05) is 5.69 Å². The third-order valence-corrected chi connectivity index (χ3v) is 3.09. The van der Waals surface area contributed by atoms with Gasteiger partial charge in [-0.05, 0) is 37.3 Å². The zero-order chi connectivity index (χ0) is 17.4. The predicted molar refractivity (Wildman–Crippen MR) is 89.5 cm³/mol. The standard InChI is InChI=1S/C18H19NO5/c1-3-23-16-11-13(9-10-15(16)22-2)18(21)24-12-17(20)19-14-7-5-4-6-8-14/h4-11H,3,12H2,1-2H3,(H,19,20). The van der Waals surface area contributed by atoms with E-state index in [1.807, 2.05) is 13.0 Å². The number of hydrogen-bond donors (Lipinski definition) is 1. The summed E-state index contributed by atoms with van der Waals surface area (Å²) in [4.78, 5) is 23.8. The normalized spacial score (nSPS) is 9.92. The summed E-state index contributed by atoms with van der Waals surface area (Å²) >= 11 is 0. The maximum absolute atomic E-state index is 12.1. The smallest absolute Gasteiger partial charge is 0.338 e. The third kappa shape index (κ3) is 4.74. The Labute approximate surface area is 140 Å². The number of ether oxygens (including phenoxy) is 3. The average molecular weight is 329 g/mol. The first-order valence-corrected chi connectivity index (χ1v) is 7.47. The Balaban J connectivity index is 1.94. The number of nitrogens with one attached hydrogen (secondary N) is 1. The highest BCUT2D eigenvalue weighted by Gasteiger charge is 2.14. The van der Waals surface area contributed by atoms with E-state index in [4.69, 9.17) is 14.2 Å². The van der Waals surface area contributed by atoms with Crippen molar-refractivity contribution in [3.05, 3.63) is 54.1 Å². The molecule has 1 N–H and O–H groups in total. The van der Waals surface area contributed by atoms with E-state index in [0.717, 1.165) is 0 Å². The molecular formula is C18H19NO5. The summed E-state index contributed by atoms with van der Waals surface area (Å²) in [6.07, 6.45) is 0. The van der Waals surface area contributed by atoms with E-state index in [2.05, 4.69) is 5.32 Å². The maximum Gasteiger partial charge on any atom is 0.338 e. The van der Waals surface area contributed by atoms with Crippen molar-refractivity contribution >= 4 is 17.6 Å². The Hall–Kier alpha value is -3.02. The molecule has 1 amide bonds. The van der Waals surface area contributed by atoms with Crippen LogP contribution in [0.4, 0.5) is 5.69 Å². The van der Waals surface area contributed by atoms with Gasteiger partial charge in [0.1, 0.15) is 0 Å². The number of carbonyl (C=O) groups excluding carboxylic acids is 2. The fraction of sp³-hybridized carbons (Fsp3) is 0.222. The van der Waals surface area contributed by atoms with Crippen LogP contribution in [0.2, 0.25) is 0 Å². The fourth-order valence-electron chi connectivity index (χ4n) is 2.00. The Morgan fingerprint density at radius 2 is 1.79 bits per heavy atom. The lowest BCUT2D eigenvalue weighted by molar-refractivity contribution is -0.119. The zero-order valence-electron chi connectivity index (χ0n) is 13.6. The Kier molecular flexibility index (Phi) is 6.19. The van der Waals surface area contributed by atoms with E-state index in [1.165, 1.54) is 13.2 Å². The monoisotopic (exact) mass is 329 g/mol. The Morgan fingerprint density at radius 3 is 2.46 bits per heavy atom. The SMILES string of the molecule is CCOc1cc(C(=O)OCC(=O)Nc2ccccc2)ccc1OC. The second kappa shape index (κ2) is 8.57. The first kappa shape index (κ1) is 17.3. The minimum absolute atomic E-state index is 0.284. The lowest BCUT2D eigenvalue weighted by Crippen LogP contribution is -2.20. The van der Waals surface area contributed by atoms with Crippen LogP contribution in [0.15, 0.2) is 48.5 Å². The van der Waals surface area contributed by atoms with Crippen molar-refractivity contribution in [1.29, 1.82) is 0 Å². The summed E-state index contributed by atoms with van der Waals surface area (Å²) in [5.41, 5.74) is 0.924. The molecule has 6 heteroatoms. The van der Waals surface area contributed by atoms with Crippen LogP contribution in [-0.2, 0) is 9.53 Å². The molecule has 0 fully saturated rings. The second-order valence-corrected chi connectivity index (χ2v) is 4.79. The summed E-state index contributed by atoms with van der Waals surface area (Å²) in [5.74, 6) is -0.0479. The first-order chi connectivity index (χ1) is 11.6. The predicted octanol–water partition coefficient (Wildman–Crippen LogP) is 2.89. The molecule has 0 aliphatic heterocycles. The quantitative estimate of drug-likeness (QED) is 0.791. The summed E-state index contributed by atoms with van der Waals surface area (Å²) in [6, 6.07) is 13.6. The van der Waals surface area contributed by atoms with Crippen molar-refractivity contribution in [3.8, 4) is 11.5 Å². The van der Waals surface area contributed by atoms with Crippen LogP contribution in [0.25, 0.3) is 0 Å². The minimum Gasteiger partial charge on any atom is -0.493 e. The number of carbonyl (C=O) groups is 2. The Bertz CT molecular complexity index is 700. The van der Waals surface area contributed by atoms with Gasteiger partial charge in [0.05, 0.1) is 19.3 Å². The number of hydrogen-bond acceptors (Lipinski definition) is 5. The molecule has 0 aliphatic rings. The number of para-hydroxylation sites is 1. The van der Waals surface area contributed by atoms with Gasteiger partial charge in [-0.1, -0.05) is 18.2 Å². The molecule has 0 saturated heterocycles. The molecule has 126 valence electrons. The van der Waals surface area contributed by atoms with Crippen LogP contribution >= 0.6 is 0 Å². The highest BCUT2D eigenvalue weighted by molar-refractivity contribution is 5.95. The second-order valence-electron chi connectivity index (χ2n) is 4.79. The first-order valence-electron chi connectivity index (χ1n) is 7.47. The van der Waals surface area contributed by atoms with Crippen molar-refractivity contribution in [3.63, 3.8) is 0 Å². The third-order valence-electron chi connectivity index (χ3n) is 3.09. The minimum atomic E-state index is -0.609. The number of rotatable bonds is 7. The molecule has 0 bridgehead atoms. The summed E-state index contributed by atoms with van der Waals surface area (Å²) in [5, 5.41) is 2.64. The molecule has 0 aromatic heterocycles. The molecule has 6 nitrogen and oxygen atoms in total. The lowest BCUT2D eigenvalue weighted by Gasteiger charge is -2.11. The summed E-state index contributed by atoms with van der Waals surface area (Å²) < 4.78 is 15.6. The number of methoxy groups -OCH3 is 1. The van der Waals surface area contributed by atoms with E-state index in [-0.39, 0.29) is 12.2 Å². The van der Waals surface area contributed by atoms with Gasteiger partial charge >= 0.3 is 5.97 Å². The topological polar surface area (TPSA) is 73.9 Å². The van der Waals surface area contributed by atoms with E-state index >= 15 is 0 Å². The number of benzene rings is 2. The highest BCUT2D eigenvalue weighted by atomic mass is 16.5. The molecule has 0 radical (unpaired) electrons. The van der Waals surface area contributed by atoms with E-state index < -0.39 is 11.9 Å². The van der Waals surface area contributed by atoms with Crippen LogP contribution in [0, 0.1) is 0 Å². The molecule has 2 aromatic rings. The molecule has 0 unspecified atom stereocenters. The number of esters is 1. The van der Waals surface area contributed by atoms with E-state index in [9.17, 15) is 9.59 Å². The molecule has 24 heavy (non-hydrogen) atoms. The van der Waals surface area contributed by atoms with Crippen LogP contribution < -0.4 is 14.8 Å². The van der Waals surface area contributed by atoms with Gasteiger partial charge in [0.25, 0.3) is 5.91 Å².